The number of carbonyl (C=O) groups excluding carboxylic acids is 4. The Kier molecular flexibility index (Phi) is 11.6. The number of amides is 3. The quantitative estimate of drug-likeness (QED) is 0.123. The summed E-state index contributed by atoms with van der Waals surface area (Å²) in [6, 6.07) is 5.38. The summed E-state index contributed by atoms with van der Waals surface area (Å²) in [5.74, 6) is -1.63. The van der Waals surface area contributed by atoms with Crippen molar-refractivity contribution in [2.24, 2.45) is 0 Å². The van der Waals surface area contributed by atoms with Crippen molar-refractivity contribution in [1.29, 1.82) is 0 Å². The molecule has 2 aromatic heterocycles. The van der Waals surface area contributed by atoms with E-state index in [-0.39, 0.29) is 61.1 Å². The fourth-order valence-corrected chi connectivity index (χ4v) is 3.90. The summed E-state index contributed by atoms with van der Waals surface area (Å²) in [6.07, 6.45) is 0.788. The molecule has 16 heteroatoms. The molecule has 1 atom stereocenters. The Morgan fingerprint density at radius 3 is 2.24 bits per heavy atom. The van der Waals surface area contributed by atoms with Crippen molar-refractivity contribution in [2.75, 3.05) is 24.1 Å². The van der Waals surface area contributed by atoms with Gasteiger partial charge in [-0.1, -0.05) is 0 Å². The van der Waals surface area contributed by atoms with Crippen LogP contribution in [-0.4, -0.2) is 74.1 Å². The number of anilines is 2. The first-order valence-corrected chi connectivity index (χ1v) is 14.6. The standard InChI is InChI=1S/C30H41N9O7/c1-29(2,3)45-26(43)20(11-12-21(40)32-13-14-33-28(44)46-30(4,5)6)37-24(41)17-7-9-18(10-8-17)34-15-19-16-35-23-22(36-19)25(42)39-27(31)38-23/h7-10,16,20,34H,11-15H2,1-6H3,(H,32,40)(H,33,44)(H,37,41)(H3,31,35,38,39,42). The topological polar surface area (TPSA) is 232 Å². The largest absolute Gasteiger partial charge is 0.458 e. The normalized spacial score (nSPS) is 12.1. The molecule has 7 N–H and O–H groups in total. The van der Waals surface area contributed by atoms with E-state index in [1.165, 1.54) is 6.20 Å². The highest BCUT2D eigenvalue weighted by Crippen LogP contribution is 2.14. The number of ether oxygens (including phenoxy) is 2. The van der Waals surface area contributed by atoms with Crippen LogP contribution in [0.1, 0.15) is 70.4 Å². The summed E-state index contributed by atoms with van der Waals surface area (Å²) in [4.78, 5) is 76.9. The fraction of sp³-hybridized carbons (Fsp3) is 0.467. The third-order valence-electron chi connectivity index (χ3n) is 5.88. The number of fused-ring (bicyclic) bond motifs is 1. The molecule has 46 heavy (non-hydrogen) atoms. The maximum atomic E-state index is 13.1. The van der Waals surface area contributed by atoms with E-state index in [1.807, 2.05) is 0 Å². The molecule has 3 rings (SSSR count). The number of nitrogens with zero attached hydrogens (tertiary/aromatic N) is 3. The number of nitrogen functional groups attached to an aromatic ring is 1. The fourth-order valence-electron chi connectivity index (χ4n) is 3.90. The molecule has 3 aromatic rings. The molecule has 0 bridgehead atoms. The van der Waals surface area contributed by atoms with Gasteiger partial charge in [-0.05, 0) is 72.2 Å². The van der Waals surface area contributed by atoms with Gasteiger partial charge in [0.25, 0.3) is 11.5 Å². The van der Waals surface area contributed by atoms with Gasteiger partial charge in [-0.2, -0.15) is 4.98 Å². The van der Waals surface area contributed by atoms with Crippen LogP contribution in [0.25, 0.3) is 11.2 Å². The maximum absolute atomic E-state index is 13.1. The molecule has 0 spiro atoms. The third-order valence-corrected chi connectivity index (χ3v) is 5.88. The highest BCUT2D eigenvalue weighted by atomic mass is 16.6. The van der Waals surface area contributed by atoms with Gasteiger partial charge in [0.15, 0.2) is 11.2 Å². The molecule has 0 aliphatic carbocycles. The Morgan fingerprint density at radius 2 is 1.59 bits per heavy atom. The first-order valence-electron chi connectivity index (χ1n) is 14.6. The van der Waals surface area contributed by atoms with Crippen molar-refractivity contribution < 1.29 is 28.7 Å². The molecular weight excluding hydrogens is 598 g/mol. The first-order chi connectivity index (χ1) is 21.5. The molecule has 0 fully saturated rings. The van der Waals surface area contributed by atoms with Crippen LogP contribution in [0.15, 0.2) is 35.3 Å². The minimum atomic E-state index is -1.09. The number of H-pyrrole nitrogens is 1. The second-order valence-electron chi connectivity index (χ2n) is 12.3. The molecule has 0 saturated heterocycles. The highest BCUT2D eigenvalue weighted by molar-refractivity contribution is 5.97. The van der Waals surface area contributed by atoms with Gasteiger partial charge in [-0.3, -0.25) is 19.4 Å². The SMILES string of the molecule is CC(C)(C)OC(=O)NCCNC(=O)CCC(NC(=O)c1ccc(NCc2cnc3nc(N)[nH]c(=O)c3n2)cc1)C(=O)OC(C)(C)C. The van der Waals surface area contributed by atoms with E-state index in [1.54, 1.807) is 65.8 Å². The monoisotopic (exact) mass is 639 g/mol. The Labute approximate surface area is 265 Å². The number of benzene rings is 1. The number of alkyl carbamates (subject to hydrolysis) is 1. The van der Waals surface area contributed by atoms with Crippen LogP contribution < -0.4 is 32.6 Å². The third kappa shape index (κ3) is 11.7. The first kappa shape index (κ1) is 35.2. The summed E-state index contributed by atoms with van der Waals surface area (Å²) in [5, 5.41) is 11.0. The van der Waals surface area contributed by atoms with Crippen LogP contribution in [0.2, 0.25) is 0 Å². The predicted molar refractivity (Wildman–Crippen MR) is 170 cm³/mol. The molecule has 0 radical (unpaired) electrons. The Bertz CT molecular complexity index is 1610. The minimum Gasteiger partial charge on any atom is -0.458 e. The van der Waals surface area contributed by atoms with Crippen LogP contribution in [0.5, 0.6) is 0 Å². The highest BCUT2D eigenvalue weighted by Gasteiger charge is 2.27. The van der Waals surface area contributed by atoms with Gasteiger partial charge in [0.2, 0.25) is 11.9 Å². The lowest BCUT2D eigenvalue weighted by atomic mass is 10.1. The molecule has 1 unspecified atom stereocenters. The lowest BCUT2D eigenvalue weighted by molar-refractivity contribution is -0.157. The molecule has 1 aromatic carbocycles. The van der Waals surface area contributed by atoms with Crippen molar-refractivity contribution in [2.45, 2.75) is 78.2 Å². The molecular formula is C30H41N9O7. The summed E-state index contributed by atoms with van der Waals surface area (Å²) in [7, 11) is 0. The molecule has 0 aliphatic rings. The van der Waals surface area contributed by atoms with Crippen molar-refractivity contribution in [3.05, 3.63) is 52.1 Å². The summed E-state index contributed by atoms with van der Waals surface area (Å²) < 4.78 is 10.6. The molecule has 248 valence electrons. The lowest BCUT2D eigenvalue weighted by Crippen LogP contribution is -2.45. The number of hydrogen-bond acceptors (Lipinski definition) is 12. The van der Waals surface area contributed by atoms with Crippen molar-refractivity contribution in [3.8, 4) is 0 Å². The predicted octanol–water partition coefficient (Wildman–Crippen LogP) is 1.77. The Balaban J connectivity index is 1.55. The van der Waals surface area contributed by atoms with Crippen LogP contribution in [-0.2, 0) is 25.6 Å². The number of nitrogens with one attached hydrogen (secondary N) is 5. The number of aromatic amines is 1. The van der Waals surface area contributed by atoms with Gasteiger partial charge in [0.1, 0.15) is 17.2 Å². The zero-order valence-corrected chi connectivity index (χ0v) is 26.8. The van der Waals surface area contributed by atoms with Gasteiger partial charge in [0, 0.05) is 30.8 Å². The van der Waals surface area contributed by atoms with Crippen LogP contribution in [0.3, 0.4) is 0 Å². The summed E-state index contributed by atoms with van der Waals surface area (Å²) >= 11 is 0. The van der Waals surface area contributed by atoms with Gasteiger partial charge in [0.05, 0.1) is 18.4 Å². The van der Waals surface area contributed by atoms with Gasteiger partial charge >= 0.3 is 12.1 Å². The van der Waals surface area contributed by atoms with E-state index in [9.17, 15) is 24.0 Å². The van der Waals surface area contributed by atoms with E-state index >= 15 is 0 Å². The minimum absolute atomic E-state index is 0.0106. The summed E-state index contributed by atoms with van der Waals surface area (Å²) in [5.41, 5.74) is 5.21. The lowest BCUT2D eigenvalue weighted by Gasteiger charge is -2.24. The van der Waals surface area contributed by atoms with Crippen LogP contribution in [0, 0.1) is 0 Å². The number of carbonyl (C=O) groups is 4. The van der Waals surface area contributed by atoms with E-state index in [0.29, 0.717) is 11.4 Å². The number of hydrogen-bond donors (Lipinski definition) is 6. The molecule has 0 aliphatic heterocycles. The van der Waals surface area contributed by atoms with E-state index in [4.69, 9.17) is 15.2 Å². The van der Waals surface area contributed by atoms with Crippen LogP contribution >= 0.6 is 0 Å². The van der Waals surface area contributed by atoms with E-state index in [2.05, 4.69) is 41.2 Å². The number of esters is 1. The number of rotatable bonds is 12. The van der Waals surface area contributed by atoms with Gasteiger partial charge in [-0.15, -0.1) is 0 Å². The maximum Gasteiger partial charge on any atom is 0.407 e. The Hall–Kier alpha value is -5.28. The number of aromatic nitrogens is 4. The molecule has 3 amide bonds. The number of nitrogens with two attached hydrogens (primary N) is 1. The van der Waals surface area contributed by atoms with Crippen molar-refractivity contribution in [1.82, 2.24) is 35.9 Å². The zero-order chi connectivity index (χ0) is 34.1. The second kappa shape index (κ2) is 15.1. The molecule has 2 heterocycles. The average molecular weight is 640 g/mol. The van der Waals surface area contributed by atoms with E-state index in [0.717, 1.165) is 0 Å². The van der Waals surface area contributed by atoms with Crippen LogP contribution in [0.4, 0.5) is 16.4 Å². The zero-order valence-electron chi connectivity index (χ0n) is 26.8. The van der Waals surface area contributed by atoms with Gasteiger partial charge in [-0.25, -0.2) is 19.6 Å². The Morgan fingerprint density at radius 1 is 0.935 bits per heavy atom. The molecule has 16 nitrogen and oxygen atoms in total. The van der Waals surface area contributed by atoms with Crippen molar-refractivity contribution in [3.63, 3.8) is 0 Å². The van der Waals surface area contributed by atoms with Gasteiger partial charge < -0.3 is 36.5 Å². The van der Waals surface area contributed by atoms with Crippen molar-refractivity contribution >= 4 is 46.7 Å². The van der Waals surface area contributed by atoms with E-state index < -0.39 is 40.8 Å². The second-order valence-corrected chi connectivity index (χ2v) is 12.3. The molecule has 0 saturated carbocycles. The smallest absolute Gasteiger partial charge is 0.407 e. The average Bonchev–Trinajstić information content (AvgIpc) is 2.94. The summed E-state index contributed by atoms with van der Waals surface area (Å²) in [6.45, 7) is 10.9.